The average molecular weight is 475 g/mol. The maximum absolute atomic E-state index is 15.3. The van der Waals surface area contributed by atoms with E-state index >= 15 is 4.39 Å². The minimum absolute atomic E-state index is 0.0420. The largest absolute Gasteiger partial charge is 0.367 e. The lowest BCUT2D eigenvalue weighted by Crippen LogP contribution is -2.16. The Balaban J connectivity index is 1.78. The Morgan fingerprint density at radius 2 is 1.97 bits per heavy atom. The van der Waals surface area contributed by atoms with Crippen LogP contribution in [0.4, 0.5) is 20.3 Å². The normalized spacial score (nSPS) is 11.8. The van der Waals surface area contributed by atoms with E-state index in [2.05, 4.69) is 25.4 Å². The Morgan fingerprint density at radius 1 is 1.21 bits per heavy atom. The van der Waals surface area contributed by atoms with E-state index in [1.54, 1.807) is 0 Å². The van der Waals surface area contributed by atoms with Gasteiger partial charge in [-0.25, -0.2) is 27.2 Å². The molecule has 3 heterocycles. The lowest BCUT2D eigenvalue weighted by Gasteiger charge is -2.12. The summed E-state index contributed by atoms with van der Waals surface area (Å²) in [6.07, 6.45) is 4.85. The fraction of sp³-hybridized carbons (Fsp3) is 0.200. The van der Waals surface area contributed by atoms with Crippen molar-refractivity contribution in [1.82, 2.24) is 24.7 Å². The van der Waals surface area contributed by atoms with E-state index in [1.807, 2.05) is 18.6 Å². The molecular weight excluding hydrogens is 456 g/mol. The maximum Gasteiger partial charge on any atom is 0.265 e. The van der Waals surface area contributed by atoms with Gasteiger partial charge < -0.3 is 10.3 Å². The topological polar surface area (TPSA) is 135 Å². The number of H-pyrrole nitrogens is 1. The molecule has 0 spiro atoms. The third kappa shape index (κ3) is 4.14. The summed E-state index contributed by atoms with van der Waals surface area (Å²) in [5.41, 5.74) is -1.27. The number of fused-ring (bicyclic) bond motifs is 1. The number of sulfonamides is 1. The van der Waals surface area contributed by atoms with Crippen LogP contribution in [0.2, 0.25) is 0 Å². The van der Waals surface area contributed by atoms with Crippen LogP contribution in [0.3, 0.4) is 0 Å². The Hall–Kier alpha value is -3.87. The lowest BCUT2D eigenvalue weighted by molar-refractivity contribution is 0.103. The van der Waals surface area contributed by atoms with Crippen molar-refractivity contribution in [1.29, 1.82) is 0 Å². The Labute approximate surface area is 187 Å². The van der Waals surface area contributed by atoms with E-state index in [-0.39, 0.29) is 21.9 Å². The molecule has 0 aliphatic carbocycles. The second kappa shape index (κ2) is 8.24. The number of halogens is 2. The summed E-state index contributed by atoms with van der Waals surface area (Å²) < 4.78 is 58.3. The molecule has 0 atom stereocenters. The number of ketones is 1. The molecule has 0 bridgehead atoms. The molecule has 3 N–H and O–H groups in total. The molecule has 13 heteroatoms. The molecule has 0 saturated carbocycles. The van der Waals surface area contributed by atoms with Crippen molar-refractivity contribution in [3.8, 4) is 0 Å². The Morgan fingerprint density at radius 3 is 2.64 bits per heavy atom. The number of aromatic nitrogens is 5. The fourth-order valence-electron chi connectivity index (χ4n) is 3.24. The van der Waals surface area contributed by atoms with E-state index in [4.69, 9.17) is 0 Å². The Bertz CT molecular complexity index is 1480. The van der Waals surface area contributed by atoms with Gasteiger partial charge in [0.25, 0.3) is 10.0 Å². The maximum atomic E-state index is 15.3. The van der Waals surface area contributed by atoms with Gasteiger partial charge >= 0.3 is 0 Å². The number of carbonyl (C=O) groups is 1. The molecule has 10 nitrogen and oxygen atoms in total. The van der Waals surface area contributed by atoms with Gasteiger partial charge in [-0.3, -0.25) is 14.2 Å². The SMILES string of the molecule is CC(C)Nc1ncnc2[nH]cc(C(=O)c3c(F)ccc(NS(=O)(=O)c4cnn(C)c4)c3F)c12. The van der Waals surface area contributed by atoms with Crippen LogP contribution in [0.15, 0.2) is 41.9 Å². The van der Waals surface area contributed by atoms with E-state index in [1.165, 1.54) is 30.5 Å². The third-order valence-electron chi connectivity index (χ3n) is 4.69. The predicted octanol–water partition coefficient (Wildman–Crippen LogP) is 2.82. The van der Waals surface area contributed by atoms with Crippen molar-refractivity contribution >= 4 is 38.3 Å². The monoisotopic (exact) mass is 475 g/mol. The lowest BCUT2D eigenvalue weighted by atomic mass is 10.0. The van der Waals surface area contributed by atoms with Crippen molar-refractivity contribution in [2.24, 2.45) is 7.05 Å². The predicted molar refractivity (Wildman–Crippen MR) is 116 cm³/mol. The summed E-state index contributed by atoms with van der Waals surface area (Å²) in [5.74, 6) is -3.18. The standard InChI is InChI=1S/C20H19F2N7O3S/c1-10(2)27-20-15-12(7-23-19(15)24-9-25-20)18(30)16-13(21)4-5-14(17(16)22)28-33(31,32)11-6-26-29(3)8-11/h4-10,28H,1-3H3,(H2,23,24,25,27). The molecule has 0 saturated heterocycles. The van der Waals surface area contributed by atoms with E-state index < -0.39 is 38.7 Å². The van der Waals surface area contributed by atoms with Crippen LogP contribution >= 0.6 is 0 Å². The van der Waals surface area contributed by atoms with Crippen molar-refractivity contribution in [3.63, 3.8) is 0 Å². The number of aromatic amines is 1. The van der Waals surface area contributed by atoms with Gasteiger partial charge in [0.05, 0.1) is 28.4 Å². The molecule has 0 aliphatic rings. The van der Waals surface area contributed by atoms with Gasteiger partial charge in [0.15, 0.2) is 5.82 Å². The summed E-state index contributed by atoms with van der Waals surface area (Å²) in [6, 6.07) is 1.68. The minimum atomic E-state index is -4.22. The van der Waals surface area contributed by atoms with E-state index in [9.17, 15) is 17.6 Å². The zero-order valence-corrected chi connectivity index (χ0v) is 18.5. The first-order valence-electron chi connectivity index (χ1n) is 9.71. The minimum Gasteiger partial charge on any atom is -0.367 e. The van der Waals surface area contributed by atoms with Crippen LogP contribution in [-0.4, -0.2) is 45.0 Å². The van der Waals surface area contributed by atoms with Crippen LogP contribution in [0.25, 0.3) is 11.0 Å². The summed E-state index contributed by atoms with van der Waals surface area (Å²) in [6.45, 7) is 3.72. The van der Waals surface area contributed by atoms with Gasteiger partial charge in [-0.1, -0.05) is 0 Å². The molecule has 172 valence electrons. The molecule has 4 aromatic rings. The first kappa shape index (κ1) is 22.3. The smallest absolute Gasteiger partial charge is 0.265 e. The molecule has 0 aliphatic heterocycles. The van der Waals surface area contributed by atoms with Crippen LogP contribution in [0.5, 0.6) is 0 Å². The quantitative estimate of drug-likeness (QED) is 0.350. The zero-order valence-electron chi connectivity index (χ0n) is 17.7. The fourth-order valence-corrected chi connectivity index (χ4v) is 4.28. The first-order chi connectivity index (χ1) is 15.6. The summed E-state index contributed by atoms with van der Waals surface area (Å²) in [4.78, 5) is 24.0. The number of nitrogens with zero attached hydrogens (tertiary/aromatic N) is 4. The highest BCUT2D eigenvalue weighted by molar-refractivity contribution is 7.92. The molecule has 0 radical (unpaired) electrons. The number of aryl methyl sites for hydroxylation is 1. The van der Waals surface area contributed by atoms with Gasteiger partial charge in [-0.05, 0) is 26.0 Å². The van der Waals surface area contributed by atoms with Crippen LogP contribution in [0.1, 0.15) is 29.8 Å². The number of hydrogen-bond acceptors (Lipinski definition) is 7. The summed E-state index contributed by atoms with van der Waals surface area (Å²) in [7, 11) is -2.71. The number of carbonyl (C=O) groups excluding carboxylic acids is 1. The molecule has 33 heavy (non-hydrogen) atoms. The summed E-state index contributed by atoms with van der Waals surface area (Å²) in [5, 5.41) is 7.09. The van der Waals surface area contributed by atoms with Crippen LogP contribution < -0.4 is 10.0 Å². The molecule has 0 unspecified atom stereocenters. The molecule has 1 aromatic carbocycles. The van der Waals surface area contributed by atoms with Crippen molar-refractivity contribution in [2.75, 3.05) is 10.0 Å². The number of hydrogen-bond donors (Lipinski definition) is 3. The number of rotatable bonds is 7. The molecule has 0 fully saturated rings. The van der Waals surface area contributed by atoms with Gasteiger partial charge in [-0.2, -0.15) is 5.10 Å². The van der Waals surface area contributed by atoms with Gasteiger partial charge in [0, 0.05) is 25.5 Å². The number of benzene rings is 1. The molecule has 0 amide bonds. The van der Waals surface area contributed by atoms with Crippen LogP contribution in [-0.2, 0) is 17.1 Å². The third-order valence-corrected chi connectivity index (χ3v) is 6.01. The molecular formula is C20H19F2N7O3S. The van der Waals surface area contributed by atoms with E-state index in [0.29, 0.717) is 11.5 Å². The van der Waals surface area contributed by atoms with Gasteiger partial charge in [-0.15, -0.1) is 0 Å². The average Bonchev–Trinajstić information content (AvgIpc) is 3.37. The highest BCUT2D eigenvalue weighted by atomic mass is 32.2. The van der Waals surface area contributed by atoms with Gasteiger partial charge in [0.1, 0.15) is 28.5 Å². The zero-order chi connectivity index (χ0) is 23.9. The second-order valence-electron chi connectivity index (χ2n) is 7.52. The van der Waals surface area contributed by atoms with Crippen molar-refractivity contribution in [3.05, 3.63) is 59.8 Å². The summed E-state index contributed by atoms with van der Waals surface area (Å²) >= 11 is 0. The molecule has 4 rings (SSSR count). The Kier molecular flexibility index (Phi) is 5.57. The second-order valence-corrected chi connectivity index (χ2v) is 9.20. The van der Waals surface area contributed by atoms with Crippen molar-refractivity contribution < 1.29 is 22.0 Å². The van der Waals surface area contributed by atoms with E-state index in [0.717, 1.165) is 18.3 Å². The van der Waals surface area contributed by atoms with Crippen molar-refractivity contribution in [2.45, 2.75) is 24.8 Å². The highest BCUT2D eigenvalue weighted by Gasteiger charge is 2.27. The first-order valence-corrected chi connectivity index (χ1v) is 11.2. The number of nitrogens with one attached hydrogen (secondary N) is 3. The highest BCUT2D eigenvalue weighted by Crippen LogP contribution is 2.30. The molecule has 3 aromatic heterocycles. The van der Waals surface area contributed by atoms with Crippen LogP contribution in [0, 0.1) is 11.6 Å². The number of anilines is 2. The van der Waals surface area contributed by atoms with Gasteiger partial charge in [0.2, 0.25) is 5.78 Å².